The highest BCUT2D eigenvalue weighted by atomic mass is 32.2. The van der Waals surface area contributed by atoms with Gasteiger partial charge in [-0.15, -0.1) is 16.8 Å². The van der Waals surface area contributed by atoms with E-state index < -0.39 is 0 Å². The lowest BCUT2D eigenvalue weighted by Gasteiger charge is -2.26. The van der Waals surface area contributed by atoms with Gasteiger partial charge in [0, 0.05) is 12.3 Å². The third-order valence-corrected chi connectivity index (χ3v) is 6.22. The second-order valence-corrected chi connectivity index (χ2v) is 7.91. The van der Waals surface area contributed by atoms with Gasteiger partial charge in [0.2, 0.25) is 0 Å². The summed E-state index contributed by atoms with van der Waals surface area (Å²) >= 11 is 1.81. The molecule has 1 aromatic heterocycles. The van der Waals surface area contributed by atoms with Crippen LogP contribution in [0.3, 0.4) is 0 Å². The third kappa shape index (κ3) is 3.75. The van der Waals surface area contributed by atoms with Crippen LogP contribution in [0.25, 0.3) is 0 Å². The molecule has 0 spiro atoms. The minimum atomic E-state index is -0.249. The fourth-order valence-corrected chi connectivity index (χ4v) is 4.78. The lowest BCUT2D eigenvalue weighted by atomic mass is 9.91. The molecule has 5 nitrogen and oxygen atoms in total. The molecule has 1 aliphatic heterocycles. The van der Waals surface area contributed by atoms with Gasteiger partial charge >= 0.3 is 0 Å². The number of ether oxygens (including phenoxy) is 2. The first-order valence-corrected chi connectivity index (χ1v) is 10.4. The summed E-state index contributed by atoms with van der Waals surface area (Å²) in [5.41, 5.74) is 0. The Morgan fingerprint density at radius 3 is 2.77 bits per heavy atom. The molecule has 138 valence electrons. The van der Waals surface area contributed by atoms with Crippen LogP contribution in [-0.2, 0) is 6.54 Å². The molecule has 0 bridgehead atoms. The molecular weight excluding hydrogens is 346 g/mol. The number of fused-ring (bicyclic) bond motifs is 1. The summed E-state index contributed by atoms with van der Waals surface area (Å²) in [5, 5.41) is 9.83. The van der Waals surface area contributed by atoms with Gasteiger partial charge in [-0.1, -0.05) is 49.2 Å². The zero-order valence-electron chi connectivity index (χ0n) is 15.0. The first-order chi connectivity index (χ1) is 12.8. The van der Waals surface area contributed by atoms with Crippen LogP contribution in [0.4, 0.5) is 0 Å². The van der Waals surface area contributed by atoms with Crippen molar-refractivity contribution in [2.45, 2.75) is 49.9 Å². The Morgan fingerprint density at radius 2 is 1.96 bits per heavy atom. The SMILES string of the molecule is C=CCn1c(SCC2CCCCC2)nnc1C1COc2ccccc2O1. The van der Waals surface area contributed by atoms with E-state index >= 15 is 0 Å². The van der Waals surface area contributed by atoms with Crippen molar-refractivity contribution in [3.63, 3.8) is 0 Å². The van der Waals surface area contributed by atoms with Gasteiger partial charge in [0.1, 0.15) is 6.61 Å². The summed E-state index contributed by atoms with van der Waals surface area (Å²) in [4.78, 5) is 0. The fraction of sp³-hybridized carbons (Fsp3) is 0.500. The van der Waals surface area contributed by atoms with E-state index in [2.05, 4.69) is 21.3 Å². The van der Waals surface area contributed by atoms with Crippen molar-refractivity contribution in [1.82, 2.24) is 14.8 Å². The lowest BCUT2D eigenvalue weighted by Crippen LogP contribution is -2.25. The summed E-state index contributed by atoms with van der Waals surface area (Å²) in [6.45, 7) is 5.01. The van der Waals surface area contributed by atoms with Crippen molar-refractivity contribution < 1.29 is 9.47 Å². The van der Waals surface area contributed by atoms with Gasteiger partial charge in [0.05, 0.1) is 0 Å². The Balaban J connectivity index is 1.49. The highest BCUT2D eigenvalue weighted by Crippen LogP contribution is 2.36. The molecule has 1 aromatic carbocycles. The summed E-state index contributed by atoms with van der Waals surface area (Å²) in [6.07, 6.45) is 8.43. The summed E-state index contributed by atoms with van der Waals surface area (Å²) in [6, 6.07) is 7.74. The number of hydrogen-bond acceptors (Lipinski definition) is 5. The number of aromatic nitrogens is 3. The highest BCUT2D eigenvalue weighted by molar-refractivity contribution is 7.99. The van der Waals surface area contributed by atoms with Crippen LogP contribution in [0.15, 0.2) is 42.1 Å². The van der Waals surface area contributed by atoms with Crippen molar-refractivity contribution >= 4 is 11.8 Å². The number of thioether (sulfide) groups is 1. The van der Waals surface area contributed by atoms with E-state index in [1.54, 1.807) is 0 Å². The number of nitrogens with zero attached hydrogens (tertiary/aromatic N) is 3. The van der Waals surface area contributed by atoms with Crippen LogP contribution in [0, 0.1) is 5.92 Å². The molecule has 0 N–H and O–H groups in total. The maximum atomic E-state index is 6.12. The van der Waals surface area contributed by atoms with Crippen LogP contribution in [-0.4, -0.2) is 27.1 Å². The largest absolute Gasteiger partial charge is 0.485 e. The van der Waals surface area contributed by atoms with Crippen LogP contribution in [0.1, 0.15) is 44.0 Å². The Morgan fingerprint density at radius 1 is 1.15 bits per heavy atom. The molecule has 1 atom stereocenters. The van der Waals surface area contributed by atoms with Gasteiger partial charge < -0.3 is 9.47 Å². The maximum absolute atomic E-state index is 6.12. The van der Waals surface area contributed by atoms with Crippen LogP contribution in [0.5, 0.6) is 11.5 Å². The van der Waals surface area contributed by atoms with Crippen molar-refractivity contribution in [2.24, 2.45) is 5.92 Å². The molecule has 2 aromatic rings. The maximum Gasteiger partial charge on any atom is 0.192 e. The molecule has 1 unspecified atom stereocenters. The second kappa shape index (κ2) is 8.16. The van der Waals surface area contributed by atoms with E-state index in [-0.39, 0.29) is 6.10 Å². The Kier molecular flexibility index (Phi) is 5.48. The molecule has 2 heterocycles. The molecule has 4 rings (SSSR count). The number of hydrogen-bond donors (Lipinski definition) is 0. The summed E-state index contributed by atoms with van der Waals surface area (Å²) in [7, 11) is 0. The lowest BCUT2D eigenvalue weighted by molar-refractivity contribution is 0.0821. The van der Waals surface area contributed by atoms with Gasteiger partial charge in [-0.05, 0) is 30.9 Å². The van der Waals surface area contributed by atoms with E-state index in [4.69, 9.17) is 9.47 Å². The average Bonchev–Trinajstić information content (AvgIpc) is 3.10. The van der Waals surface area contributed by atoms with Gasteiger partial charge in [-0.2, -0.15) is 0 Å². The van der Waals surface area contributed by atoms with Crippen LogP contribution < -0.4 is 9.47 Å². The Bertz CT molecular complexity index is 755. The Labute approximate surface area is 158 Å². The molecular formula is C20H25N3O2S. The first-order valence-electron chi connectivity index (χ1n) is 9.40. The van der Waals surface area contributed by atoms with E-state index in [0.29, 0.717) is 13.2 Å². The van der Waals surface area contributed by atoms with Crippen molar-refractivity contribution in [3.8, 4) is 11.5 Å². The van der Waals surface area contributed by atoms with Crippen molar-refractivity contribution in [2.75, 3.05) is 12.4 Å². The first kappa shape index (κ1) is 17.5. The van der Waals surface area contributed by atoms with E-state index in [1.165, 1.54) is 32.1 Å². The van der Waals surface area contributed by atoms with Crippen molar-refractivity contribution in [3.05, 3.63) is 42.7 Å². The molecule has 0 saturated heterocycles. The zero-order chi connectivity index (χ0) is 17.8. The normalized spacial score (nSPS) is 20.1. The molecule has 1 saturated carbocycles. The predicted molar refractivity (Wildman–Crippen MR) is 103 cm³/mol. The van der Waals surface area contributed by atoms with Gasteiger partial charge in [0.15, 0.2) is 28.6 Å². The number of rotatable bonds is 6. The zero-order valence-corrected chi connectivity index (χ0v) is 15.8. The predicted octanol–water partition coefficient (Wildman–Crippen LogP) is 4.65. The number of benzene rings is 1. The highest BCUT2D eigenvalue weighted by Gasteiger charge is 2.28. The number of para-hydroxylation sites is 2. The van der Waals surface area contributed by atoms with Crippen LogP contribution in [0.2, 0.25) is 0 Å². The second-order valence-electron chi connectivity index (χ2n) is 6.92. The number of allylic oxidation sites excluding steroid dienone is 1. The topological polar surface area (TPSA) is 49.2 Å². The summed E-state index contributed by atoms with van der Waals surface area (Å²) in [5.74, 6) is 4.26. The van der Waals surface area contributed by atoms with E-state index in [9.17, 15) is 0 Å². The van der Waals surface area contributed by atoms with Crippen LogP contribution >= 0.6 is 11.8 Å². The molecule has 0 radical (unpaired) electrons. The van der Waals surface area contributed by atoms with E-state index in [0.717, 1.165) is 34.2 Å². The minimum Gasteiger partial charge on any atom is -0.485 e. The quantitative estimate of drug-likeness (QED) is 0.546. The minimum absolute atomic E-state index is 0.249. The molecule has 0 amide bonds. The molecule has 2 aliphatic rings. The van der Waals surface area contributed by atoms with Gasteiger partial charge in [-0.25, -0.2) is 0 Å². The molecule has 6 heteroatoms. The molecule has 1 aliphatic carbocycles. The smallest absolute Gasteiger partial charge is 0.192 e. The molecule has 1 fully saturated rings. The average molecular weight is 372 g/mol. The van der Waals surface area contributed by atoms with Gasteiger partial charge in [0.25, 0.3) is 0 Å². The van der Waals surface area contributed by atoms with E-state index in [1.807, 2.05) is 42.1 Å². The fourth-order valence-electron chi connectivity index (χ4n) is 3.64. The standard InChI is InChI=1S/C20H25N3O2S/c1-2-12-23-19(18-13-24-16-10-6-7-11-17(16)25-18)21-22-20(23)26-14-15-8-4-3-5-9-15/h2,6-7,10-11,15,18H,1,3-5,8-9,12-14H2. The Hall–Kier alpha value is -1.95. The summed E-state index contributed by atoms with van der Waals surface area (Å²) < 4.78 is 14.1. The third-order valence-electron chi connectivity index (χ3n) is 5.03. The molecule has 26 heavy (non-hydrogen) atoms. The van der Waals surface area contributed by atoms with Crippen molar-refractivity contribution in [1.29, 1.82) is 0 Å². The van der Waals surface area contributed by atoms with Gasteiger partial charge in [-0.3, -0.25) is 4.57 Å². The monoisotopic (exact) mass is 371 g/mol.